The van der Waals surface area contributed by atoms with E-state index in [0.29, 0.717) is 6.54 Å². The van der Waals surface area contributed by atoms with Crippen LogP contribution < -0.4 is 5.73 Å². The van der Waals surface area contributed by atoms with Crippen LogP contribution in [0.1, 0.15) is 64.4 Å². The number of nitrogens with zero attached hydrogens (tertiary/aromatic N) is 2. The smallest absolute Gasteiger partial charge is 0.312 e. The first kappa shape index (κ1) is 20.9. The minimum atomic E-state index is -0.512. The predicted octanol–water partition coefficient (Wildman–Crippen LogP) is 4.07. The number of carbonyl (C=O) groups excluding carboxylic acids is 1. The summed E-state index contributed by atoms with van der Waals surface area (Å²) in [5.41, 5.74) is 7.43. The van der Waals surface area contributed by atoms with Crippen LogP contribution in [0.25, 0.3) is 0 Å². The summed E-state index contributed by atoms with van der Waals surface area (Å²) in [4.78, 5) is 16.4. The molecule has 2 N–H and O–H groups in total. The Labute approximate surface area is 151 Å². The van der Waals surface area contributed by atoms with Crippen molar-refractivity contribution in [3.05, 3.63) is 53.6 Å². The van der Waals surface area contributed by atoms with E-state index in [1.807, 2.05) is 57.5 Å². The maximum Gasteiger partial charge on any atom is 0.312 e. The first-order valence-electron chi connectivity index (χ1n) is 8.80. The van der Waals surface area contributed by atoms with Gasteiger partial charge in [-0.2, -0.15) is 0 Å². The molecule has 0 fully saturated rings. The van der Waals surface area contributed by atoms with Gasteiger partial charge in [0.1, 0.15) is 5.82 Å². The Morgan fingerprint density at radius 1 is 1.32 bits per heavy atom. The van der Waals surface area contributed by atoms with Gasteiger partial charge >= 0.3 is 5.97 Å². The highest BCUT2D eigenvalue weighted by Crippen LogP contribution is 2.24. The number of hydrogen-bond acceptors (Lipinski definition) is 4. The number of ether oxygens (including phenoxy) is 1. The fourth-order valence-corrected chi connectivity index (χ4v) is 2.29. The normalized spacial score (nSPS) is 12.1. The summed E-state index contributed by atoms with van der Waals surface area (Å²) in [6, 6.07) is 8.16. The summed E-state index contributed by atoms with van der Waals surface area (Å²) in [5, 5.41) is 0. The van der Waals surface area contributed by atoms with Gasteiger partial charge in [0, 0.05) is 24.9 Å². The minimum Gasteiger partial charge on any atom is -0.443 e. The van der Waals surface area contributed by atoms with Gasteiger partial charge in [0.15, 0.2) is 6.73 Å². The lowest BCUT2D eigenvalue weighted by Crippen LogP contribution is -2.24. The number of carbonyl (C=O) groups is 1. The van der Waals surface area contributed by atoms with Crippen LogP contribution in [0.3, 0.4) is 0 Å². The summed E-state index contributed by atoms with van der Waals surface area (Å²) in [7, 11) is 0. The molecule has 0 aliphatic heterocycles. The van der Waals surface area contributed by atoms with Crippen molar-refractivity contribution in [2.24, 2.45) is 11.1 Å². The lowest BCUT2D eigenvalue weighted by atomic mass is 9.97. The van der Waals surface area contributed by atoms with E-state index in [9.17, 15) is 4.79 Å². The van der Waals surface area contributed by atoms with E-state index in [1.54, 1.807) is 6.20 Å². The molecule has 5 heteroatoms. The molecule has 1 unspecified atom stereocenters. The first-order valence-corrected chi connectivity index (χ1v) is 8.80. The van der Waals surface area contributed by atoms with E-state index in [1.165, 1.54) is 0 Å². The topological polar surface area (TPSA) is 70.1 Å². The van der Waals surface area contributed by atoms with Crippen molar-refractivity contribution in [1.82, 2.24) is 9.55 Å². The Balaban J connectivity index is 0.00000151. The van der Waals surface area contributed by atoms with Crippen LogP contribution in [0.15, 0.2) is 36.7 Å². The summed E-state index contributed by atoms with van der Waals surface area (Å²) in [6.07, 6.45) is 3.55. The number of esters is 1. The Morgan fingerprint density at radius 2 is 2.00 bits per heavy atom. The highest BCUT2D eigenvalue weighted by molar-refractivity contribution is 5.75. The van der Waals surface area contributed by atoms with Crippen molar-refractivity contribution in [1.29, 1.82) is 0 Å². The molecule has 0 bridgehead atoms. The third-order valence-electron chi connectivity index (χ3n) is 3.77. The van der Waals surface area contributed by atoms with E-state index in [0.717, 1.165) is 17.0 Å². The van der Waals surface area contributed by atoms with Gasteiger partial charge in [-0.25, -0.2) is 4.98 Å². The number of nitrogens with two attached hydrogens (primary N) is 1. The third-order valence-corrected chi connectivity index (χ3v) is 3.77. The van der Waals surface area contributed by atoms with E-state index < -0.39 is 5.41 Å². The van der Waals surface area contributed by atoms with Crippen LogP contribution in [0.2, 0.25) is 0 Å². The zero-order valence-electron chi connectivity index (χ0n) is 16.2. The van der Waals surface area contributed by atoms with Crippen LogP contribution >= 0.6 is 0 Å². The zero-order valence-corrected chi connectivity index (χ0v) is 16.2. The van der Waals surface area contributed by atoms with E-state index in [-0.39, 0.29) is 18.6 Å². The molecule has 5 nitrogen and oxygen atoms in total. The minimum absolute atomic E-state index is 0.0878. The lowest BCUT2D eigenvalue weighted by Gasteiger charge is -2.19. The Hall–Kier alpha value is -2.14. The van der Waals surface area contributed by atoms with Crippen molar-refractivity contribution >= 4 is 5.97 Å². The van der Waals surface area contributed by atoms with Crippen molar-refractivity contribution < 1.29 is 9.53 Å². The predicted molar refractivity (Wildman–Crippen MR) is 101 cm³/mol. The van der Waals surface area contributed by atoms with E-state index >= 15 is 0 Å². The molecule has 138 valence electrons. The molecular formula is C20H31N3O2. The third kappa shape index (κ3) is 5.71. The van der Waals surface area contributed by atoms with Crippen LogP contribution in [-0.2, 0) is 22.8 Å². The Bertz CT molecular complexity index is 672. The fraction of sp³-hybridized carbons (Fsp3) is 0.500. The largest absolute Gasteiger partial charge is 0.443 e. The second-order valence-corrected chi connectivity index (χ2v) is 6.74. The molecule has 2 aromatic rings. The monoisotopic (exact) mass is 345 g/mol. The first-order chi connectivity index (χ1) is 11.8. The molecule has 0 radical (unpaired) electrons. The number of hydrogen-bond donors (Lipinski definition) is 1. The van der Waals surface area contributed by atoms with Crippen LogP contribution in [0, 0.1) is 5.41 Å². The summed E-state index contributed by atoms with van der Waals surface area (Å²) >= 11 is 0. The molecular weight excluding hydrogens is 314 g/mol. The van der Waals surface area contributed by atoms with Crippen molar-refractivity contribution in [3.63, 3.8) is 0 Å². The van der Waals surface area contributed by atoms with Gasteiger partial charge in [-0.1, -0.05) is 45.0 Å². The van der Waals surface area contributed by atoms with Crippen LogP contribution in [0.4, 0.5) is 0 Å². The van der Waals surface area contributed by atoms with Crippen molar-refractivity contribution in [3.8, 4) is 0 Å². The Morgan fingerprint density at radius 3 is 2.60 bits per heavy atom. The van der Waals surface area contributed by atoms with E-state index in [2.05, 4.69) is 24.0 Å². The molecule has 0 aliphatic carbocycles. The molecule has 1 aromatic heterocycles. The van der Waals surface area contributed by atoms with Crippen LogP contribution in [0.5, 0.6) is 0 Å². The molecule has 1 atom stereocenters. The molecule has 0 amide bonds. The second-order valence-electron chi connectivity index (χ2n) is 6.74. The molecule has 25 heavy (non-hydrogen) atoms. The van der Waals surface area contributed by atoms with Crippen molar-refractivity contribution in [2.75, 3.05) is 0 Å². The number of imidazole rings is 1. The molecule has 1 aromatic carbocycles. The second kappa shape index (κ2) is 9.37. The highest BCUT2D eigenvalue weighted by Gasteiger charge is 2.23. The van der Waals surface area contributed by atoms with Crippen LogP contribution in [-0.4, -0.2) is 15.5 Å². The maximum absolute atomic E-state index is 11.9. The SMILES string of the molecule is CC.CC(c1cccc(CN)c1)c1nccn1COC(=O)C(C)(C)C. The molecule has 1 heterocycles. The highest BCUT2D eigenvalue weighted by atomic mass is 16.5. The van der Waals surface area contributed by atoms with Gasteiger partial charge in [0.25, 0.3) is 0 Å². The summed E-state index contributed by atoms with van der Waals surface area (Å²) in [6.45, 7) is 12.3. The summed E-state index contributed by atoms with van der Waals surface area (Å²) in [5.74, 6) is 0.723. The maximum atomic E-state index is 11.9. The molecule has 0 aliphatic rings. The average molecular weight is 345 g/mol. The van der Waals surface area contributed by atoms with Gasteiger partial charge in [-0.15, -0.1) is 0 Å². The lowest BCUT2D eigenvalue weighted by molar-refractivity contribution is -0.157. The molecule has 2 rings (SSSR count). The summed E-state index contributed by atoms with van der Waals surface area (Å²) < 4.78 is 7.25. The number of aromatic nitrogens is 2. The average Bonchev–Trinajstić information content (AvgIpc) is 3.08. The molecule has 0 spiro atoms. The quantitative estimate of drug-likeness (QED) is 0.829. The van der Waals surface area contributed by atoms with Gasteiger partial charge in [-0.05, 0) is 31.9 Å². The van der Waals surface area contributed by atoms with Gasteiger partial charge in [-0.3, -0.25) is 4.79 Å². The van der Waals surface area contributed by atoms with Gasteiger partial charge < -0.3 is 15.0 Å². The molecule has 0 saturated heterocycles. The number of benzene rings is 1. The van der Waals surface area contributed by atoms with Gasteiger partial charge in [0.2, 0.25) is 0 Å². The van der Waals surface area contributed by atoms with Crippen molar-refractivity contribution in [2.45, 2.75) is 60.7 Å². The zero-order chi connectivity index (χ0) is 19.0. The standard InChI is InChI=1S/C18H25N3O2.C2H6/c1-13(15-7-5-6-14(10-15)11-19)16-20-8-9-21(16)12-23-17(22)18(2,3)4;1-2/h5-10,13H,11-12,19H2,1-4H3;1-2H3. The Kier molecular flexibility index (Phi) is 7.84. The number of rotatable bonds is 5. The van der Waals surface area contributed by atoms with E-state index in [4.69, 9.17) is 10.5 Å². The van der Waals surface area contributed by atoms with Gasteiger partial charge in [0.05, 0.1) is 5.41 Å². The molecule has 0 saturated carbocycles. The fourth-order valence-electron chi connectivity index (χ4n) is 2.29.